The first-order valence-corrected chi connectivity index (χ1v) is 13.4. The second-order valence-electron chi connectivity index (χ2n) is 11.6. The third-order valence-electron chi connectivity index (χ3n) is 9.27. The number of amides is 2. The number of aromatic amines is 2. The van der Waals surface area contributed by atoms with E-state index in [1.165, 1.54) is 6.42 Å². The van der Waals surface area contributed by atoms with Crippen LogP contribution in [0.25, 0.3) is 11.0 Å². The summed E-state index contributed by atoms with van der Waals surface area (Å²) in [6, 6.07) is 5.44. The zero-order valence-corrected chi connectivity index (χ0v) is 20.2. The zero-order valence-electron chi connectivity index (χ0n) is 20.2. The zero-order chi connectivity index (χ0) is 24.1. The van der Waals surface area contributed by atoms with Crippen LogP contribution in [-0.4, -0.2) is 57.0 Å². The van der Waals surface area contributed by atoms with E-state index in [2.05, 4.69) is 20.2 Å². The van der Waals surface area contributed by atoms with Crippen LogP contribution in [0.4, 0.5) is 0 Å². The van der Waals surface area contributed by atoms with Crippen LogP contribution in [0.5, 0.6) is 0 Å². The molecule has 1 aromatic carbocycles. The number of carbonyl (C=O) groups excluding carboxylic acids is 2. The second-order valence-corrected chi connectivity index (χ2v) is 11.6. The molecular formula is C27H36N4O4. The number of hydrogen-bond donors (Lipinski definition) is 4. The van der Waals surface area contributed by atoms with Crippen molar-refractivity contribution in [3.8, 4) is 0 Å². The molecule has 5 unspecified atom stereocenters. The first-order valence-electron chi connectivity index (χ1n) is 13.4. The highest BCUT2D eigenvalue weighted by Crippen LogP contribution is 2.44. The van der Waals surface area contributed by atoms with Gasteiger partial charge in [0.15, 0.2) is 0 Å². The van der Waals surface area contributed by atoms with Crippen LogP contribution < -0.4 is 11.0 Å². The fourth-order valence-electron chi connectivity index (χ4n) is 7.73. The standard InChI is InChI=1S/C27H36N4O4/c32-21-11-15-8-16(12-21)10-19(9-15)26(34)31-7-6-17-13-20(5-4-18(17)14-31)28-25(33)22-2-1-3-23-24(22)30-27(35)29-23/h1-3,15-21,32H,4-14H2,(H,28,33)(H2,29,30,35)/t15-,16+,17?,18?,19?,20?,21?. The van der Waals surface area contributed by atoms with E-state index in [1.807, 2.05) is 0 Å². The summed E-state index contributed by atoms with van der Waals surface area (Å²) in [5.74, 6) is 2.41. The van der Waals surface area contributed by atoms with Gasteiger partial charge in [-0.25, -0.2) is 4.79 Å². The Morgan fingerprint density at radius 3 is 2.54 bits per heavy atom. The van der Waals surface area contributed by atoms with Gasteiger partial charge in [-0.3, -0.25) is 9.59 Å². The van der Waals surface area contributed by atoms with Crippen LogP contribution in [0.15, 0.2) is 23.0 Å². The number of likely N-dealkylation sites (tertiary alicyclic amines) is 1. The van der Waals surface area contributed by atoms with Crippen molar-refractivity contribution in [1.29, 1.82) is 0 Å². The van der Waals surface area contributed by atoms with E-state index in [-0.39, 0.29) is 29.7 Å². The molecule has 1 aliphatic heterocycles. The first-order chi connectivity index (χ1) is 16.9. The number of piperidine rings is 1. The van der Waals surface area contributed by atoms with E-state index in [1.54, 1.807) is 18.2 Å². The van der Waals surface area contributed by atoms with Crippen molar-refractivity contribution in [3.63, 3.8) is 0 Å². The molecule has 2 amide bonds. The van der Waals surface area contributed by atoms with Gasteiger partial charge >= 0.3 is 5.69 Å². The summed E-state index contributed by atoms with van der Waals surface area (Å²) in [6.45, 7) is 1.67. The predicted molar refractivity (Wildman–Crippen MR) is 132 cm³/mol. The second kappa shape index (κ2) is 9.12. The van der Waals surface area contributed by atoms with Gasteiger partial charge < -0.3 is 25.3 Å². The summed E-state index contributed by atoms with van der Waals surface area (Å²) in [7, 11) is 0. The highest BCUT2D eigenvalue weighted by atomic mass is 16.3. The lowest BCUT2D eigenvalue weighted by molar-refractivity contribution is -0.142. The normalized spacial score (nSPS) is 34.9. The molecule has 4 aliphatic rings. The third kappa shape index (κ3) is 4.53. The van der Waals surface area contributed by atoms with E-state index in [0.717, 1.165) is 64.5 Å². The van der Waals surface area contributed by atoms with E-state index in [0.29, 0.717) is 46.2 Å². The Bertz CT molecular complexity index is 1150. The van der Waals surface area contributed by atoms with E-state index >= 15 is 0 Å². The number of fused-ring (bicyclic) bond motifs is 4. The average molecular weight is 481 g/mol. The van der Waals surface area contributed by atoms with Gasteiger partial charge in [0.25, 0.3) is 5.91 Å². The van der Waals surface area contributed by atoms with E-state index in [9.17, 15) is 19.5 Å². The Balaban J connectivity index is 1.04. The van der Waals surface area contributed by atoms with Gasteiger partial charge in [-0.1, -0.05) is 6.07 Å². The van der Waals surface area contributed by atoms with Crippen molar-refractivity contribution in [2.45, 2.75) is 69.9 Å². The molecule has 8 heteroatoms. The van der Waals surface area contributed by atoms with E-state index in [4.69, 9.17) is 0 Å². The van der Waals surface area contributed by atoms with Gasteiger partial charge in [-0.15, -0.1) is 0 Å². The smallest absolute Gasteiger partial charge is 0.323 e. The molecule has 2 aromatic rings. The Labute approximate surface area is 204 Å². The van der Waals surface area contributed by atoms with Crippen molar-refractivity contribution in [2.24, 2.45) is 29.6 Å². The van der Waals surface area contributed by atoms with Crippen LogP contribution in [-0.2, 0) is 4.79 Å². The average Bonchev–Trinajstić information content (AvgIpc) is 3.22. The first kappa shape index (κ1) is 22.8. The maximum absolute atomic E-state index is 13.4. The van der Waals surface area contributed by atoms with Crippen LogP contribution in [0, 0.1) is 29.6 Å². The molecule has 3 aliphatic carbocycles. The van der Waals surface area contributed by atoms with Gasteiger partial charge in [0.2, 0.25) is 5.91 Å². The minimum atomic E-state index is -0.309. The van der Waals surface area contributed by atoms with Crippen molar-refractivity contribution in [1.82, 2.24) is 20.2 Å². The fourth-order valence-corrected chi connectivity index (χ4v) is 7.73. The minimum Gasteiger partial charge on any atom is -0.393 e. The number of aliphatic hydroxyl groups is 1. The number of H-pyrrole nitrogens is 2. The molecule has 1 aromatic heterocycles. The lowest BCUT2D eigenvalue weighted by Gasteiger charge is -2.46. The number of rotatable bonds is 3. The van der Waals surface area contributed by atoms with Crippen LogP contribution in [0.3, 0.4) is 0 Å². The van der Waals surface area contributed by atoms with Gasteiger partial charge in [0, 0.05) is 25.0 Å². The highest BCUT2D eigenvalue weighted by Gasteiger charge is 2.42. The fraction of sp³-hybridized carbons (Fsp3) is 0.667. The Morgan fingerprint density at radius 2 is 1.74 bits per heavy atom. The number of nitrogens with zero attached hydrogens (tertiary/aromatic N) is 1. The molecule has 6 rings (SSSR count). The molecule has 188 valence electrons. The van der Waals surface area contributed by atoms with E-state index < -0.39 is 0 Å². The number of carbonyl (C=O) groups is 2. The predicted octanol–water partition coefficient (Wildman–Crippen LogP) is 2.79. The number of para-hydroxylation sites is 1. The van der Waals surface area contributed by atoms with Gasteiger partial charge in [-0.2, -0.15) is 0 Å². The number of nitrogens with one attached hydrogen (secondary N) is 3. The molecule has 0 spiro atoms. The Hall–Kier alpha value is -2.61. The number of hydrogen-bond acceptors (Lipinski definition) is 4. The van der Waals surface area contributed by atoms with Gasteiger partial charge in [0.1, 0.15) is 0 Å². The number of benzene rings is 1. The SMILES string of the molecule is O=C(NC1CCC2CN(C(=O)C3C[C@H]4CC(O)C[C@@H](C3)C4)CCC2C1)c1cccc2[nH]c(=O)[nH]c12. The minimum absolute atomic E-state index is 0.121. The summed E-state index contributed by atoms with van der Waals surface area (Å²) in [6.07, 6.45) is 8.54. The molecule has 2 heterocycles. The largest absolute Gasteiger partial charge is 0.393 e. The molecule has 3 saturated carbocycles. The quantitative estimate of drug-likeness (QED) is 0.540. The van der Waals surface area contributed by atoms with Gasteiger partial charge in [0.05, 0.1) is 22.7 Å². The summed E-state index contributed by atoms with van der Waals surface area (Å²) in [5.41, 5.74) is 1.38. The number of aromatic nitrogens is 2. The Morgan fingerprint density at radius 1 is 0.943 bits per heavy atom. The molecule has 8 nitrogen and oxygen atoms in total. The molecule has 4 fully saturated rings. The number of aliphatic hydroxyl groups excluding tert-OH is 1. The summed E-state index contributed by atoms with van der Waals surface area (Å²) < 4.78 is 0. The highest BCUT2D eigenvalue weighted by molar-refractivity contribution is 6.04. The third-order valence-corrected chi connectivity index (χ3v) is 9.27. The van der Waals surface area contributed by atoms with Crippen molar-refractivity contribution < 1.29 is 14.7 Å². The van der Waals surface area contributed by atoms with Crippen LogP contribution in [0.1, 0.15) is 68.1 Å². The lowest BCUT2D eigenvalue weighted by Crippen LogP contribution is -2.51. The molecule has 35 heavy (non-hydrogen) atoms. The number of imidazole rings is 1. The maximum atomic E-state index is 13.4. The summed E-state index contributed by atoms with van der Waals surface area (Å²) in [4.78, 5) is 45.6. The van der Waals surface area contributed by atoms with Crippen molar-refractivity contribution >= 4 is 22.8 Å². The van der Waals surface area contributed by atoms with Crippen LogP contribution >= 0.6 is 0 Å². The van der Waals surface area contributed by atoms with Crippen molar-refractivity contribution in [3.05, 3.63) is 34.2 Å². The monoisotopic (exact) mass is 480 g/mol. The molecular weight excluding hydrogens is 444 g/mol. The van der Waals surface area contributed by atoms with Crippen molar-refractivity contribution in [2.75, 3.05) is 13.1 Å². The molecule has 4 N–H and O–H groups in total. The lowest BCUT2D eigenvalue weighted by atomic mass is 9.66. The summed E-state index contributed by atoms with van der Waals surface area (Å²) in [5, 5.41) is 13.3. The molecule has 0 radical (unpaired) electrons. The topological polar surface area (TPSA) is 118 Å². The maximum Gasteiger partial charge on any atom is 0.323 e. The van der Waals surface area contributed by atoms with Crippen LogP contribution in [0.2, 0.25) is 0 Å². The Kier molecular flexibility index (Phi) is 5.95. The summed E-state index contributed by atoms with van der Waals surface area (Å²) >= 11 is 0. The molecule has 1 saturated heterocycles. The molecule has 7 atom stereocenters. The van der Waals surface area contributed by atoms with Gasteiger partial charge in [-0.05, 0) is 93.6 Å². The molecule has 2 bridgehead atoms.